The van der Waals surface area contributed by atoms with Crippen LogP contribution in [0, 0.1) is 0 Å². The molecule has 0 bridgehead atoms. The quantitative estimate of drug-likeness (QED) is 0.608. The van der Waals surface area contributed by atoms with Crippen molar-refractivity contribution in [1.82, 2.24) is 0 Å². The van der Waals surface area contributed by atoms with E-state index >= 15 is 0 Å². The number of aliphatic hydroxyl groups excluding tert-OH is 1. The van der Waals surface area contributed by atoms with Gasteiger partial charge in [-0.05, 0) is 19.8 Å². The number of rotatable bonds is 4. The Morgan fingerprint density at radius 3 is 2.09 bits per heavy atom. The van der Waals surface area contributed by atoms with E-state index in [0.29, 0.717) is 12.8 Å². The van der Waals surface area contributed by atoms with Gasteiger partial charge in [0, 0.05) is 0 Å². The molecule has 1 unspecified atom stereocenters. The molecule has 2 nitrogen and oxygen atoms in total. The monoisotopic (exact) mass is 158 g/mol. The molecule has 0 amide bonds. The molecule has 0 saturated carbocycles. The predicted molar refractivity (Wildman–Crippen MR) is 46.4 cm³/mol. The molecule has 0 saturated heterocycles. The van der Waals surface area contributed by atoms with Crippen molar-refractivity contribution in [3.8, 4) is 0 Å². The number of hydrogen-bond acceptors (Lipinski definition) is 2. The molecule has 1 atom stereocenters. The number of allylic oxidation sites excluding steroid dienone is 1. The maximum absolute atomic E-state index is 9.73. The molecule has 11 heavy (non-hydrogen) atoms. The van der Waals surface area contributed by atoms with Gasteiger partial charge in [-0.15, -0.1) is 0 Å². The van der Waals surface area contributed by atoms with Gasteiger partial charge in [0.2, 0.25) is 0 Å². The first-order valence-electron chi connectivity index (χ1n) is 4.14. The summed E-state index contributed by atoms with van der Waals surface area (Å²) in [5.41, 5.74) is -0.938. The zero-order valence-electron chi connectivity index (χ0n) is 7.54. The summed E-state index contributed by atoms with van der Waals surface area (Å²) in [6.07, 6.45) is 3.79. The molecule has 0 aliphatic heterocycles. The first-order valence-corrected chi connectivity index (χ1v) is 4.14. The van der Waals surface area contributed by atoms with Crippen molar-refractivity contribution in [3.05, 3.63) is 12.2 Å². The van der Waals surface area contributed by atoms with Gasteiger partial charge in [-0.1, -0.05) is 26.0 Å². The molecule has 0 aromatic carbocycles. The van der Waals surface area contributed by atoms with Crippen LogP contribution in [0.3, 0.4) is 0 Å². The Labute approximate surface area is 68.6 Å². The lowest BCUT2D eigenvalue weighted by Gasteiger charge is -2.28. The Hall–Kier alpha value is -0.340. The molecule has 0 rings (SSSR count). The normalized spacial score (nSPS) is 15.7. The number of aliphatic hydroxyl groups is 2. The lowest BCUT2D eigenvalue weighted by Crippen LogP contribution is -2.39. The van der Waals surface area contributed by atoms with Crippen LogP contribution in [-0.2, 0) is 0 Å². The van der Waals surface area contributed by atoms with Crippen molar-refractivity contribution < 1.29 is 10.2 Å². The van der Waals surface area contributed by atoms with Gasteiger partial charge in [-0.2, -0.15) is 0 Å². The van der Waals surface area contributed by atoms with E-state index in [0.717, 1.165) is 0 Å². The van der Waals surface area contributed by atoms with Gasteiger partial charge >= 0.3 is 0 Å². The largest absolute Gasteiger partial charge is 0.387 e. The van der Waals surface area contributed by atoms with E-state index in [1.807, 2.05) is 20.8 Å². The van der Waals surface area contributed by atoms with Crippen molar-refractivity contribution in [2.75, 3.05) is 0 Å². The predicted octanol–water partition coefficient (Wildman–Crippen LogP) is 1.47. The Balaban J connectivity index is 4.23. The third-order valence-electron chi connectivity index (χ3n) is 2.15. The minimum absolute atomic E-state index is 0.578. The molecule has 0 fully saturated rings. The van der Waals surface area contributed by atoms with E-state index in [4.69, 9.17) is 0 Å². The summed E-state index contributed by atoms with van der Waals surface area (Å²) in [6.45, 7) is 5.57. The second kappa shape index (κ2) is 4.52. The highest BCUT2D eigenvalue weighted by atomic mass is 16.3. The van der Waals surface area contributed by atoms with Gasteiger partial charge < -0.3 is 10.2 Å². The average Bonchev–Trinajstić information content (AvgIpc) is 2.03. The summed E-state index contributed by atoms with van der Waals surface area (Å²) in [5.74, 6) is 0. The van der Waals surface area contributed by atoms with Gasteiger partial charge in [-0.25, -0.2) is 0 Å². The summed E-state index contributed by atoms with van der Waals surface area (Å²) in [5, 5.41) is 19.2. The van der Waals surface area contributed by atoms with Crippen molar-refractivity contribution in [3.63, 3.8) is 0 Å². The van der Waals surface area contributed by atoms with Crippen molar-refractivity contribution in [2.24, 2.45) is 0 Å². The molecule has 0 spiro atoms. The van der Waals surface area contributed by atoms with Crippen LogP contribution in [0.1, 0.15) is 33.6 Å². The maximum atomic E-state index is 9.73. The molecule has 0 aromatic heterocycles. The first kappa shape index (κ1) is 10.7. The molecule has 0 aliphatic carbocycles. The van der Waals surface area contributed by atoms with E-state index < -0.39 is 11.7 Å². The average molecular weight is 158 g/mol. The highest BCUT2D eigenvalue weighted by Crippen LogP contribution is 2.20. The van der Waals surface area contributed by atoms with E-state index in [2.05, 4.69) is 0 Å². The minimum atomic E-state index is -0.938. The van der Waals surface area contributed by atoms with E-state index in [9.17, 15) is 10.2 Å². The lowest BCUT2D eigenvalue weighted by atomic mass is 9.90. The fourth-order valence-electron chi connectivity index (χ4n) is 1.03. The third-order valence-corrected chi connectivity index (χ3v) is 2.15. The van der Waals surface area contributed by atoms with Crippen molar-refractivity contribution >= 4 is 0 Å². The van der Waals surface area contributed by atoms with Crippen LogP contribution in [0.15, 0.2) is 12.2 Å². The maximum Gasteiger partial charge on any atom is 0.101 e. The lowest BCUT2D eigenvalue weighted by molar-refractivity contribution is -0.0573. The Kier molecular flexibility index (Phi) is 4.38. The SMILES string of the molecule is C/C=C/C(O)C(O)(CC)CC. The van der Waals surface area contributed by atoms with Crippen LogP contribution >= 0.6 is 0 Å². The summed E-state index contributed by atoms with van der Waals surface area (Å²) >= 11 is 0. The van der Waals surface area contributed by atoms with Gasteiger partial charge in [0.05, 0.1) is 5.60 Å². The van der Waals surface area contributed by atoms with E-state index in [1.165, 1.54) is 0 Å². The van der Waals surface area contributed by atoms with Crippen molar-refractivity contribution in [1.29, 1.82) is 0 Å². The van der Waals surface area contributed by atoms with Crippen LogP contribution in [-0.4, -0.2) is 21.9 Å². The highest BCUT2D eigenvalue weighted by Gasteiger charge is 2.29. The highest BCUT2D eigenvalue weighted by molar-refractivity contribution is 4.97. The minimum Gasteiger partial charge on any atom is -0.387 e. The molecule has 0 radical (unpaired) electrons. The Morgan fingerprint density at radius 1 is 1.36 bits per heavy atom. The molecule has 2 N–H and O–H groups in total. The molecule has 66 valence electrons. The zero-order chi connectivity index (χ0) is 8.91. The first-order chi connectivity index (χ1) is 5.10. The molecule has 2 heteroatoms. The summed E-state index contributed by atoms with van der Waals surface area (Å²) in [7, 11) is 0. The van der Waals surface area contributed by atoms with E-state index in [-0.39, 0.29) is 0 Å². The standard InChI is InChI=1S/C9H18O2/c1-4-7-8(10)9(11,5-2)6-3/h4,7-8,10-11H,5-6H2,1-3H3/b7-4+. The smallest absolute Gasteiger partial charge is 0.101 e. The van der Waals surface area contributed by atoms with E-state index in [1.54, 1.807) is 12.2 Å². The third kappa shape index (κ3) is 2.64. The number of hydrogen-bond donors (Lipinski definition) is 2. The van der Waals surface area contributed by atoms with Gasteiger partial charge in [0.25, 0.3) is 0 Å². The fraction of sp³-hybridized carbons (Fsp3) is 0.778. The Morgan fingerprint density at radius 2 is 1.82 bits per heavy atom. The summed E-state index contributed by atoms with van der Waals surface area (Å²) in [4.78, 5) is 0. The second-order valence-corrected chi connectivity index (χ2v) is 2.78. The molecule has 0 heterocycles. The molecular formula is C9H18O2. The fourth-order valence-corrected chi connectivity index (χ4v) is 1.03. The van der Waals surface area contributed by atoms with Crippen LogP contribution < -0.4 is 0 Å². The van der Waals surface area contributed by atoms with Gasteiger partial charge in [-0.3, -0.25) is 0 Å². The van der Waals surface area contributed by atoms with Crippen molar-refractivity contribution in [2.45, 2.75) is 45.3 Å². The molecule has 0 aliphatic rings. The zero-order valence-corrected chi connectivity index (χ0v) is 7.54. The van der Waals surface area contributed by atoms with Crippen LogP contribution in [0.25, 0.3) is 0 Å². The molecular weight excluding hydrogens is 140 g/mol. The van der Waals surface area contributed by atoms with Crippen LogP contribution in [0.2, 0.25) is 0 Å². The van der Waals surface area contributed by atoms with Gasteiger partial charge in [0.15, 0.2) is 0 Å². The Bertz CT molecular complexity index is 126. The molecule has 0 aromatic rings. The van der Waals surface area contributed by atoms with Gasteiger partial charge in [0.1, 0.15) is 6.10 Å². The summed E-state index contributed by atoms with van der Waals surface area (Å²) in [6, 6.07) is 0. The van der Waals surface area contributed by atoms with Crippen LogP contribution in [0.4, 0.5) is 0 Å². The topological polar surface area (TPSA) is 40.5 Å². The second-order valence-electron chi connectivity index (χ2n) is 2.78. The van der Waals surface area contributed by atoms with Crippen LogP contribution in [0.5, 0.6) is 0 Å². The summed E-state index contributed by atoms with van der Waals surface area (Å²) < 4.78 is 0.